The highest BCUT2D eigenvalue weighted by atomic mass is 79.9. The molecule has 0 fully saturated rings. The predicted molar refractivity (Wildman–Crippen MR) is 82.9 cm³/mol. The van der Waals surface area contributed by atoms with E-state index in [1.807, 2.05) is 43.3 Å². The summed E-state index contributed by atoms with van der Waals surface area (Å²) in [7, 11) is 0. The van der Waals surface area contributed by atoms with Crippen molar-refractivity contribution in [2.75, 3.05) is 6.61 Å². The van der Waals surface area contributed by atoms with Crippen LogP contribution < -0.4 is 10.1 Å². The van der Waals surface area contributed by atoms with E-state index in [-0.39, 0.29) is 5.91 Å². The average Bonchev–Trinajstić information content (AvgIpc) is 2.47. The SMILES string of the molecule is CCOc1ccccc1C(=O)NCc1ccc(Br)cc1. The number of hydrogen-bond acceptors (Lipinski definition) is 2. The van der Waals surface area contributed by atoms with Gasteiger partial charge in [0.15, 0.2) is 0 Å². The standard InChI is InChI=1S/C16H16BrNO2/c1-2-20-15-6-4-3-5-14(15)16(19)18-11-12-7-9-13(17)10-8-12/h3-10H,2,11H2,1H3,(H,18,19). The number of amides is 1. The molecule has 0 heterocycles. The van der Waals surface area contributed by atoms with Gasteiger partial charge in [0, 0.05) is 11.0 Å². The highest BCUT2D eigenvalue weighted by Crippen LogP contribution is 2.18. The topological polar surface area (TPSA) is 38.3 Å². The zero-order chi connectivity index (χ0) is 14.4. The number of benzene rings is 2. The van der Waals surface area contributed by atoms with Crippen LogP contribution in [0.2, 0.25) is 0 Å². The van der Waals surface area contributed by atoms with Gasteiger partial charge >= 0.3 is 0 Å². The molecule has 1 N–H and O–H groups in total. The Balaban J connectivity index is 2.03. The van der Waals surface area contributed by atoms with E-state index in [4.69, 9.17) is 4.74 Å². The normalized spacial score (nSPS) is 10.1. The summed E-state index contributed by atoms with van der Waals surface area (Å²) in [5, 5.41) is 2.90. The molecule has 1 amide bonds. The fourth-order valence-electron chi connectivity index (χ4n) is 1.82. The van der Waals surface area contributed by atoms with Crippen molar-refractivity contribution in [2.45, 2.75) is 13.5 Å². The summed E-state index contributed by atoms with van der Waals surface area (Å²) in [5.41, 5.74) is 1.61. The van der Waals surface area contributed by atoms with Crippen LogP contribution >= 0.6 is 15.9 Å². The van der Waals surface area contributed by atoms with Crippen LogP contribution in [0.25, 0.3) is 0 Å². The van der Waals surface area contributed by atoms with Crippen molar-refractivity contribution in [3.63, 3.8) is 0 Å². The molecule has 0 bridgehead atoms. The van der Waals surface area contributed by atoms with E-state index < -0.39 is 0 Å². The van der Waals surface area contributed by atoms with Crippen molar-refractivity contribution in [3.05, 3.63) is 64.1 Å². The molecule has 2 aromatic carbocycles. The Bertz CT molecular complexity index is 581. The van der Waals surface area contributed by atoms with Gasteiger partial charge in [-0.2, -0.15) is 0 Å². The molecule has 0 saturated carbocycles. The molecule has 104 valence electrons. The van der Waals surface area contributed by atoms with Crippen LogP contribution in [-0.2, 0) is 6.54 Å². The summed E-state index contributed by atoms with van der Waals surface area (Å²) >= 11 is 3.39. The molecule has 0 saturated heterocycles. The first-order valence-electron chi connectivity index (χ1n) is 6.45. The van der Waals surface area contributed by atoms with Crippen molar-refractivity contribution in [3.8, 4) is 5.75 Å². The van der Waals surface area contributed by atoms with Gasteiger partial charge in [-0.3, -0.25) is 4.79 Å². The molecule has 20 heavy (non-hydrogen) atoms. The molecular weight excluding hydrogens is 318 g/mol. The van der Waals surface area contributed by atoms with Crippen LogP contribution in [0.3, 0.4) is 0 Å². The molecule has 0 aliphatic carbocycles. The molecule has 0 radical (unpaired) electrons. The molecule has 2 rings (SSSR count). The number of rotatable bonds is 5. The minimum atomic E-state index is -0.128. The van der Waals surface area contributed by atoms with Gasteiger partial charge in [-0.15, -0.1) is 0 Å². The smallest absolute Gasteiger partial charge is 0.255 e. The van der Waals surface area contributed by atoms with E-state index in [1.54, 1.807) is 12.1 Å². The Labute approximate surface area is 127 Å². The molecule has 0 aliphatic heterocycles. The lowest BCUT2D eigenvalue weighted by atomic mass is 10.1. The Hall–Kier alpha value is -1.81. The lowest BCUT2D eigenvalue weighted by Crippen LogP contribution is -2.23. The Morgan fingerprint density at radius 2 is 1.85 bits per heavy atom. The fraction of sp³-hybridized carbons (Fsp3) is 0.188. The fourth-order valence-corrected chi connectivity index (χ4v) is 2.08. The van der Waals surface area contributed by atoms with E-state index in [0.717, 1.165) is 10.0 Å². The van der Waals surface area contributed by atoms with Gasteiger partial charge in [0.2, 0.25) is 0 Å². The van der Waals surface area contributed by atoms with Crippen LogP contribution in [-0.4, -0.2) is 12.5 Å². The van der Waals surface area contributed by atoms with Crippen molar-refractivity contribution < 1.29 is 9.53 Å². The Morgan fingerprint density at radius 3 is 2.55 bits per heavy atom. The molecule has 0 unspecified atom stereocenters. The first-order valence-corrected chi connectivity index (χ1v) is 7.24. The maximum atomic E-state index is 12.2. The largest absolute Gasteiger partial charge is 0.493 e. The van der Waals surface area contributed by atoms with Crippen molar-refractivity contribution in [1.29, 1.82) is 0 Å². The molecule has 0 atom stereocenters. The molecule has 4 heteroatoms. The monoisotopic (exact) mass is 333 g/mol. The molecule has 3 nitrogen and oxygen atoms in total. The van der Waals surface area contributed by atoms with Gasteiger partial charge < -0.3 is 10.1 Å². The number of nitrogens with one attached hydrogen (secondary N) is 1. The van der Waals surface area contributed by atoms with Gasteiger partial charge in [-0.25, -0.2) is 0 Å². The first kappa shape index (κ1) is 14.6. The molecule has 0 spiro atoms. The second-order valence-corrected chi connectivity index (χ2v) is 5.15. The maximum absolute atomic E-state index is 12.2. The summed E-state index contributed by atoms with van der Waals surface area (Å²) in [6, 6.07) is 15.1. The predicted octanol–water partition coefficient (Wildman–Crippen LogP) is 3.78. The Morgan fingerprint density at radius 1 is 1.15 bits per heavy atom. The van der Waals surface area contributed by atoms with Crippen molar-refractivity contribution in [1.82, 2.24) is 5.32 Å². The number of para-hydroxylation sites is 1. The third kappa shape index (κ3) is 3.84. The van der Waals surface area contributed by atoms with Crippen molar-refractivity contribution >= 4 is 21.8 Å². The molecule has 2 aromatic rings. The number of halogens is 1. The third-order valence-electron chi connectivity index (χ3n) is 2.80. The molecule has 0 aliphatic rings. The number of ether oxygens (including phenoxy) is 1. The average molecular weight is 334 g/mol. The zero-order valence-electron chi connectivity index (χ0n) is 11.2. The van der Waals surface area contributed by atoms with Crippen molar-refractivity contribution in [2.24, 2.45) is 0 Å². The van der Waals surface area contributed by atoms with Crippen LogP contribution in [0.5, 0.6) is 5.75 Å². The maximum Gasteiger partial charge on any atom is 0.255 e. The van der Waals surface area contributed by atoms with Crippen LogP contribution in [0.1, 0.15) is 22.8 Å². The van der Waals surface area contributed by atoms with E-state index in [9.17, 15) is 4.79 Å². The summed E-state index contributed by atoms with van der Waals surface area (Å²) in [6.45, 7) is 2.93. The van der Waals surface area contributed by atoms with E-state index in [2.05, 4.69) is 21.2 Å². The summed E-state index contributed by atoms with van der Waals surface area (Å²) in [4.78, 5) is 12.2. The van der Waals surface area contributed by atoms with Gasteiger partial charge in [0.1, 0.15) is 5.75 Å². The Kier molecular flexibility index (Phi) is 5.18. The highest BCUT2D eigenvalue weighted by Gasteiger charge is 2.11. The minimum Gasteiger partial charge on any atom is -0.493 e. The number of hydrogen-bond donors (Lipinski definition) is 1. The van der Waals surface area contributed by atoms with Gasteiger partial charge in [0.05, 0.1) is 12.2 Å². The lowest BCUT2D eigenvalue weighted by Gasteiger charge is -2.10. The highest BCUT2D eigenvalue weighted by molar-refractivity contribution is 9.10. The third-order valence-corrected chi connectivity index (χ3v) is 3.33. The summed E-state index contributed by atoms with van der Waals surface area (Å²) < 4.78 is 6.48. The van der Waals surface area contributed by atoms with Gasteiger partial charge in [0.25, 0.3) is 5.91 Å². The van der Waals surface area contributed by atoms with E-state index >= 15 is 0 Å². The quantitative estimate of drug-likeness (QED) is 0.904. The zero-order valence-corrected chi connectivity index (χ0v) is 12.8. The number of carbonyl (C=O) groups is 1. The second-order valence-electron chi connectivity index (χ2n) is 4.24. The van der Waals surface area contributed by atoms with E-state index in [0.29, 0.717) is 24.5 Å². The van der Waals surface area contributed by atoms with Gasteiger partial charge in [-0.1, -0.05) is 40.2 Å². The van der Waals surface area contributed by atoms with Gasteiger partial charge in [-0.05, 0) is 36.8 Å². The van der Waals surface area contributed by atoms with Crippen LogP contribution in [0.15, 0.2) is 53.0 Å². The minimum absolute atomic E-state index is 0.128. The lowest BCUT2D eigenvalue weighted by molar-refractivity contribution is 0.0947. The van der Waals surface area contributed by atoms with Crippen LogP contribution in [0.4, 0.5) is 0 Å². The van der Waals surface area contributed by atoms with Crippen LogP contribution in [0, 0.1) is 0 Å². The van der Waals surface area contributed by atoms with E-state index in [1.165, 1.54) is 0 Å². The first-order chi connectivity index (χ1) is 9.70. The second kappa shape index (κ2) is 7.10. The molecule has 0 aromatic heterocycles. The number of carbonyl (C=O) groups excluding carboxylic acids is 1. The summed E-state index contributed by atoms with van der Waals surface area (Å²) in [5.74, 6) is 0.486. The molecular formula is C16H16BrNO2. The summed E-state index contributed by atoms with van der Waals surface area (Å²) in [6.07, 6.45) is 0.